The predicted molar refractivity (Wildman–Crippen MR) is 233 cm³/mol. The van der Waals surface area contributed by atoms with Crippen LogP contribution in [0.5, 0.6) is 11.5 Å². The zero-order valence-corrected chi connectivity index (χ0v) is 38.0. The molecule has 0 unspecified atom stereocenters. The van der Waals surface area contributed by atoms with Crippen LogP contribution in [-0.4, -0.2) is 64.5 Å². The maximum atomic E-state index is 12.6. The molecule has 352 valence electrons. The van der Waals surface area contributed by atoms with E-state index in [9.17, 15) is 35.9 Å². The van der Waals surface area contributed by atoms with Crippen molar-refractivity contribution in [3.8, 4) is 11.5 Å². The fourth-order valence-corrected chi connectivity index (χ4v) is 5.95. The van der Waals surface area contributed by atoms with Gasteiger partial charge in [-0.15, -0.1) is 26.3 Å². The molecule has 0 aliphatic heterocycles. The van der Waals surface area contributed by atoms with Crippen LogP contribution in [0.3, 0.4) is 0 Å². The molecule has 0 aromatic heterocycles. The minimum absolute atomic E-state index is 0.00425. The molecule has 4 aromatic rings. The van der Waals surface area contributed by atoms with Crippen molar-refractivity contribution in [2.45, 2.75) is 67.5 Å². The Balaban J connectivity index is 0.000000431. The fourth-order valence-electron chi connectivity index (χ4n) is 5.64. The largest absolute Gasteiger partial charge is 0.573 e. The molecule has 12 nitrogen and oxygen atoms in total. The van der Waals surface area contributed by atoms with Crippen molar-refractivity contribution in [1.82, 2.24) is 0 Å². The molecule has 4 aromatic carbocycles. The third-order valence-electron chi connectivity index (χ3n) is 8.57. The molecule has 0 fully saturated rings. The molecule has 0 radical (unpaired) electrons. The third-order valence-corrected chi connectivity index (χ3v) is 8.88. The highest BCUT2D eigenvalue weighted by Crippen LogP contribution is 2.30. The van der Waals surface area contributed by atoms with Gasteiger partial charge in [0.05, 0.1) is 57.4 Å². The SMILES string of the molecule is CC.CO/C=C(/C(=O)OC)c1cccc(C)c1CO/N=C(\C)c1ccc(OC(F)(F)F)cc1Cl.CO/C=C(/C(=O)OC)c1cccc(C)c1CO/N=C(\C)c1ccccc1OC(F)(F)F. The van der Waals surface area contributed by atoms with E-state index in [0.717, 1.165) is 23.3 Å². The fraction of sp³-hybridized carbons (Fsp3) is 0.304. The topological polar surface area (TPSA) is 133 Å². The summed E-state index contributed by atoms with van der Waals surface area (Å²) in [4.78, 5) is 35.2. The molecule has 0 amide bonds. The van der Waals surface area contributed by atoms with Gasteiger partial charge in [0.1, 0.15) is 35.9 Å². The molecule has 4 rings (SSSR count). The number of aryl methyl sites for hydroxylation is 2. The number of hydrogen-bond donors (Lipinski definition) is 0. The average Bonchev–Trinajstić information content (AvgIpc) is 3.25. The Labute approximate surface area is 377 Å². The monoisotopic (exact) mass is 938 g/mol. The number of ether oxygens (including phenoxy) is 6. The standard InChI is InChI=1S/C22H21ClF3NO5.C22H22F3NO5.C2H6/c1-13-6-5-7-17(19(11-29-3)21(28)30-4)18(13)12-31-27-14(2)16-9-8-15(10-20(16)23)32-22(24,25)26;1-14-8-7-10-17(19(12-28-3)21(27)29-4)18(14)13-30-26-15(2)16-9-5-6-11-20(16)31-22(23,24)25;1-2/h5-11H,12H2,1-4H3;5-12H,13H2,1-4H3;1-2H3/b19-11+,27-14+;19-12+,26-15+;. The smallest absolute Gasteiger partial charge is 0.503 e. The molecular formula is C46H49ClF6N2O10. The number of carbonyl (C=O) groups is 2. The van der Waals surface area contributed by atoms with Crippen LogP contribution in [0.25, 0.3) is 11.1 Å². The van der Waals surface area contributed by atoms with Gasteiger partial charge in [-0.2, -0.15) is 0 Å². The van der Waals surface area contributed by atoms with Crippen LogP contribution in [0.1, 0.15) is 72.2 Å². The van der Waals surface area contributed by atoms with E-state index in [0.29, 0.717) is 33.5 Å². The van der Waals surface area contributed by atoms with E-state index in [1.165, 1.54) is 72.2 Å². The Kier molecular flexibility index (Phi) is 21.9. The number of rotatable bonds is 16. The number of benzene rings is 4. The lowest BCUT2D eigenvalue weighted by molar-refractivity contribution is -0.275. The Morgan fingerprint density at radius 2 is 1.03 bits per heavy atom. The van der Waals surface area contributed by atoms with E-state index in [1.807, 2.05) is 39.8 Å². The van der Waals surface area contributed by atoms with Crippen molar-refractivity contribution < 1.29 is 74.0 Å². The van der Waals surface area contributed by atoms with Crippen LogP contribution in [-0.2, 0) is 51.4 Å². The van der Waals surface area contributed by atoms with Gasteiger partial charge < -0.3 is 38.1 Å². The molecule has 0 saturated carbocycles. The Bertz CT molecular complexity index is 2340. The molecule has 19 heteroatoms. The first-order valence-electron chi connectivity index (χ1n) is 19.3. The van der Waals surface area contributed by atoms with Gasteiger partial charge in [0.2, 0.25) is 0 Å². The number of alkyl halides is 6. The molecule has 0 N–H and O–H groups in total. The maximum Gasteiger partial charge on any atom is 0.573 e. The normalized spacial score (nSPS) is 12.1. The van der Waals surface area contributed by atoms with E-state index < -0.39 is 30.4 Å². The van der Waals surface area contributed by atoms with Crippen molar-refractivity contribution in [1.29, 1.82) is 0 Å². The van der Waals surface area contributed by atoms with Gasteiger partial charge in [0.25, 0.3) is 0 Å². The Morgan fingerprint density at radius 3 is 1.45 bits per heavy atom. The highest BCUT2D eigenvalue weighted by atomic mass is 35.5. The number of nitrogens with zero attached hydrogens (tertiary/aromatic N) is 2. The minimum atomic E-state index is -4.83. The van der Waals surface area contributed by atoms with Crippen molar-refractivity contribution in [2.75, 3.05) is 28.4 Å². The van der Waals surface area contributed by atoms with Crippen molar-refractivity contribution >= 4 is 46.1 Å². The number of para-hydroxylation sites is 1. The summed E-state index contributed by atoms with van der Waals surface area (Å²) < 4.78 is 102. The molecule has 65 heavy (non-hydrogen) atoms. The quantitative estimate of drug-likeness (QED) is 0.0267. The molecule has 0 heterocycles. The van der Waals surface area contributed by atoms with Gasteiger partial charge >= 0.3 is 24.7 Å². The van der Waals surface area contributed by atoms with Crippen LogP contribution in [0.4, 0.5) is 26.3 Å². The molecule has 0 saturated heterocycles. The second-order valence-electron chi connectivity index (χ2n) is 12.9. The average molecular weight is 939 g/mol. The molecule has 0 bridgehead atoms. The van der Waals surface area contributed by atoms with Gasteiger partial charge in [-0.1, -0.05) is 84.3 Å². The number of methoxy groups -OCH3 is 4. The van der Waals surface area contributed by atoms with Crippen molar-refractivity contribution in [3.63, 3.8) is 0 Å². The summed E-state index contributed by atoms with van der Waals surface area (Å²) in [6, 6.07) is 19.8. The van der Waals surface area contributed by atoms with Crippen molar-refractivity contribution in [3.05, 3.63) is 141 Å². The lowest BCUT2D eigenvalue weighted by Crippen LogP contribution is -2.18. The number of esters is 2. The molecule has 0 aliphatic rings. The van der Waals surface area contributed by atoms with Gasteiger partial charge in [-0.25, -0.2) is 9.59 Å². The Hall–Kier alpha value is -6.69. The van der Waals surface area contributed by atoms with Gasteiger partial charge in [-0.05, 0) is 80.3 Å². The predicted octanol–water partition coefficient (Wildman–Crippen LogP) is 11.7. The number of halogens is 7. The van der Waals surface area contributed by atoms with E-state index in [4.69, 9.17) is 40.2 Å². The zero-order chi connectivity index (χ0) is 48.9. The third kappa shape index (κ3) is 17.1. The first-order chi connectivity index (χ1) is 30.7. The summed E-state index contributed by atoms with van der Waals surface area (Å²) in [5.74, 6) is -1.99. The summed E-state index contributed by atoms with van der Waals surface area (Å²) in [5.41, 5.74) is 5.51. The highest BCUT2D eigenvalue weighted by Gasteiger charge is 2.33. The minimum Gasteiger partial charge on any atom is -0.503 e. The first kappa shape index (κ1) is 54.4. The molecule has 0 spiro atoms. The maximum absolute atomic E-state index is 12.6. The lowest BCUT2D eigenvalue weighted by Gasteiger charge is -2.14. The van der Waals surface area contributed by atoms with Crippen LogP contribution < -0.4 is 9.47 Å². The van der Waals surface area contributed by atoms with Crippen LogP contribution in [0.2, 0.25) is 5.02 Å². The molecular weight excluding hydrogens is 890 g/mol. The summed E-state index contributed by atoms with van der Waals surface area (Å²) in [5, 5.41) is 7.96. The van der Waals surface area contributed by atoms with Gasteiger partial charge in [0, 0.05) is 22.3 Å². The highest BCUT2D eigenvalue weighted by molar-refractivity contribution is 6.34. The van der Waals surface area contributed by atoms with Gasteiger partial charge in [-0.3, -0.25) is 0 Å². The second kappa shape index (κ2) is 26.2. The summed E-state index contributed by atoms with van der Waals surface area (Å²) in [7, 11) is 5.34. The van der Waals surface area contributed by atoms with Crippen LogP contribution in [0.15, 0.2) is 102 Å². The lowest BCUT2D eigenvalue weighted by atomic mass is 9.97. The molecule has 0 aliphatic carbocycles. The zero-order valence-electron chi connectivity index (χ0n) is 37.2. The molecule has 0 atom stereocenters. The summed E-state index contributed by atoms with van der Waals surface area (Å²) in [6.45, 7) is 10.7. The number of carbonyl (C=O) groups excluding carboxylic acids is 2. The van der Waals surface area contributed by atoms with Crippen molar-refractivity contribution in [2.24, 2.45) is 10.3 Å². The van der Waals surface area contributed by atoms with E-state index in [2.05, 4.69) is 19.8 Å². The second-order valence-corrected chi connectivity index (χ2v) is 13.3. The van der Waals surface area contributed by atoms with E-state index in [1.54, 1.807) is 37.3 Å². The van der Waals surface area contributed by atoms with E-state index >= 15 is 0 Å². The van der Waals surface area contributed by atoms with E-state index in [-0.39, 0.29) is 46.4 Å². The van der Waals surface area contributed by atoms with Crippen LogP contribution in [0, 0.1) is 13.8 Å². The summed E-state index contributed by atoms with van der Waals surface area (Å²) in [6.07, 6.45) is -7.10. The Morgan fingerprint density at radius 1 is 0.600 bits per heavy atom. The first-order valence-corrected chi connectivity index (χ1v) is 19.7. The van der Waals surface area contributed by atoms with Gasteiger partial charge in [0.15, 0.2) is 0 Å². The summed E-state index contributed by atoms with van der Waals surface area (Å²) >= 11 is 6.07. The number of hydrogen-bond acceptors (Lipinski definition) is 12. The number of oxime groups is 2. The van der Waals surface area contributed by atoms with Crippen LogP contribution >= 0.6 is 11.6 Å².